The quantitative estimate of drug-likeness (QED) is 0.800. The normalized spacial score (nSPS) is 24.3. The van der Waals surface area contributed by atoms with E-state index in [1.54, 1.807) is 6.20 Å². The van der Waals surface area contributed by atoms with Gasteiger partial charge < -0.3 is 4.74 Å². The van der Waals surface area contributed by atoms with E-state index in [0.29, 0.717) is 0 Å². The van der Waals surface area contributed by atoms with E-state index in [9.17, 15) is 0 Å². The molecular formula is C11H17ClN2O. The summed E-state index contributed by atoms with van der Waals surface area (Å²) in [5.74, 6) is 0. The van der Waals surface area contributed by atoms with Gasteiger partial charge in [-0.25, -0.2) is 0 Å². The zero-order valence-corrected chi connectivity index (χ0v) is 9.88. The van der Waals surface area contributed by atoms with Crippen molar-refractivity contribution in [3.8, 4) is 0 Å². The Bertz CT molecular complexity index is 293. The van der Waals surface area contributed by atoms with E-state index >= 15 is 0 Å². The third-order valence-corrected chi connectivity index (χ3v) is 2.39. The van der Waals surface area contributed by atoms with Crippen molar-refractivity contribution < 1.29 is 4.74 Å². The summed E-state index contributed by atoms with van der Waals surface area (Å²) in [7, 11) is 0. The first kappa shape index (κ1) is 12.4. The molecule has 1 aromatic rings. The molecule has 84 valence electrons. The Balaban J connectivity index is 0.00000112. The van der Waals surface area contributed by atoms with Crippen molar-refractivity contribution in [2.45, 2.75) is 20.1 Å². The SMILES string of the molecule is CC1(C)CNC(c2cccnc2)OC1.Cl. The van der Waals surface area contributed by atoms with Crippen LogP contribution in [0.5, 0.6) is 0 Å². The number of nitrogens with one attached hydrogen (secondary N) is 1. The lowest BCUT2D eigenvalue weighted by molar-refractivity contribution is -0.0596. The lowest BCUT2D eigenvalue weighted by Crippen LogP contribution is -2.43. The van der Waals surface area contributed by atoms with E-state index in [0.717, 1.165) is 18.7 Å². The van der Waals surface area contributed by atoms with Crippen LogP contribution in [-0.4, -0.2) is 18.1 Å². The smallest absolute Gasteiger partial charge is 0.135 e. The van der Waals surface area contributed by atoms with Crippen LogP contribution >= 0.6 is 12.4 Å². The lowest BCUT2D eigenvalue weighted by atomic mass is 9.93. The molecule has 1 atom stereocenters. The van der Waals surface area contributed by atoms with Crippen LogP contribution in [0.2, 0.25) is 0 Å². The van der Waals surface area contributed by atoms with Crippen molar-refractivity contribution in [1.82, 2.24) is 10.3 Å². The van der Waals surface area contributed by atoms with Crippen LogP contribution < -0.4 is 5.32 Å². The molecule has 1 fully saturated rings. The second-order valence-corrected chi connectivity index (χ2v) is 4.52. The van der Waals surface area contributed by atoms with Gasteiger partial charge in [0, 0.05) is 29.9 Å². The second kappa shape index (κ2) is 4.92. The van der Waals surface area contributed by atoms with Gasteiger partial charge in [-0.3, -0.25) is 10.3 Å². The zero-order chi connectivity index (χ0) is 10.0. The Hall–Kier alpha value is -0.640. The Morgan fingerprint density at radius 3 is 2.87 bits per heavy atom. The van der Waals surface area contributed by atoms with E-state index in [1.165, 1.54) is 0 Å². The number of aromatic nitrogens is 1. The number of rotatable bonds is 1. The molecule has 2 rings (SSSR count). The van der Waals surface area contributed by atoms with E-state index in [1.807, 2.05) is 18.3 Å². The van der Waals surface area contributed by atoms with E-state index in [4.69, 9.17) is 4.74 Å². The summed E-state index contributed by atoms with van der Waals surface area (Å²) in [6, 6.07) is 3.96. The number of hydrogen-bond donors (Lipinski definition) is 1. The summed E-state index contributed by atoms with van der Waals surface area (Å²) >= 11 is 0. The van der Waals surface area contributed by atoms with Crippen molar-refractivity contribution >= 4 is 12.4 Å². The Kier molecular flexibility index (Phi) is 4.08. The summed E-state index contributed by atoms with van der Waals surface area (Å²) in [6.45, 7) is 6.16. The molecule has 0 radical (unpaired) electrons. The predicted octanol–water partition coefficient (Wildman–Crippen LogP) is 2.15. The highest BCUT2D eigenvalue weighted by Crippen LogP contribution is 2.25. The van der Waals surface area contributed by atoms with Gasteiger partial charge in [0.25, 0.3) is 0 Å². The van der Waals surface area contributed by atoms with Crippen molar-refractivity contribution in [2.24, 2.45) is 5.41 Å². The van der Waals surface area contributed by atoms with E-state index in [-0.39, 0.29) is 24.0 Å². The second-order valence-electron chi connectivity index (χ2n) is 4.52. The molecule has 0 aromatic carbocycles. The van der Waals surface area contributed by atoms with Crippen LogP contribution in [-0.2, 0) is 4.74 Å². The monoisotopic (exact) mass is 228 g/mol. The van der Waals surface area contributed by atoms with E-state index < -0.39 is 0 Å². The summed E-state index contributed by atoms with van der Waals surface area (Å²) in [4.78, 5) is 4.08. The highest BCUT2D eigenvalue weighted by Gasteiger charge is 2.27. The molecule has 1 aromatic heterocycles. The molecule has 0 aliphatic carbocycles. The molecule has 4 heteroatoms. The first-order chi connectivity index (χ1) is 6.67. The highest BCUT2D eigenvalue weighted by molar-refractivity contribution is 5.85. The molecule has 3 nitrogen and oxygen atoms in total. The highest BCUT2D eigenvalue weighted by atomic mass is 35.5. The summed E-state index contributed by atoms with van der Waals surface area (Å²) in [5.41, 5.74) is 1.33. The van der Waals surface area contributed by atoms with Crippen LogP contribution in [0.1, 0.15) is 25.6 Å². The van der Waals surface area contributed by atoms with Gasteiger partial charge >= 0.3 is 0 Å². The predicted molar refractivity (Wildman–Crippen MR) is 62.0 cm³/mol. The molecular weight excluding hydrogens is 212 g/mol. The maximum absolute atomic E-state index is 5.73. The van der Waals surface area contributed by atoms with Crippen molar-refractivity contribution in [3.63, 3.8) is 0 Å². The third-order valence-electron chi connectivity index (χ3n) is 2.39. The molecule has 1 unspecified atom stereocenters. The Morgan fingerprint density at radius 1 is 1.53 bits per heavy atom. The molecule has 1 aliphatic heterocycles. The maximum atomic E-state index is 5.73. The summed E-state index contributed by atoms with van der Waals surface area (Å²) < 4.78 is 5.73. The van der Waals surface area contributed by atoms with Gasteiger partial charge in [0.1, 0.15) is 6.23 Å². The fourth-order valence-corrected chi connectivity index (χ4v) is 1.53. The first-order valence-corrected chi connectivity index (χ1v) is 4.92. The van der Waals surface area contributed by atoms with Gasteiger partial charge in [-0.15, -0.1) is 12.4 Å². The third kappa shape index (κ3) is 3.16. The van der Waals surface area contributed by atoms with Crippen molar-refractivity contribution in [1.29, 1.82) is 0 Å². The first-order valence-electron chi connectivity index (χ1n) is 4.92. The molecule has 15 heavy (non-hydrogen) atoms. The topological polar surface area (TPSA) is 34.2 Å². The standard InChI is InChI=1S/C11H16N2O.ClH/c1-11(2)7-13-10(14-8-11)9-4-3-5-12-6-9;/h3-6,10,13H,7-8H2,1-2H3;1H. The van der Waals surface area contributed by atoms with E-state index in [2.05, 4.69) is 24.1 Å². The van der Waals surface area contributed by atoms with Crippen LogP contribution in [0.15, 0.2) is 24.5 Å². The average molecular weight is 229 g/mol. The minimum Gasteiger partial charge on any atom is -0.358 e. The maximum Gasteiger partial charge on any atom is 0.135 e. The van der Waals surface area contributed by atoms with Gasteiger partial charge in [-0.1, -0.05) is 19.9 Å². The number of hydrogen-bond acceptors (Lipinski definition) is 3. The molecule has 1 aliphatic rings. The number of halogens is 1. The van der Waals surface area contributed by atoms with Gasteiger partial charge in [0.15, 0.2) is 0 Å². The van der Waals surface area contributed by atoms with Crippen LogP contribution in [0.25, 0.3) is 0 Å². The number of nitrogens with zero attached hydrogens (tertiary/aromatic N) is 1. The fraction of sp³-hybridized carbons (Fsp3) is 0.545. The molecule has 2 heterocycles. The molecule has 1 N–H and O–H groups in total. The van der Waals surface area contributed by atoms with Crippen LogP contribution in [0, 0.1) is 5.41 Å². The molecule has 0 saturated carbocycles. The number of pyridine rings is 1. The fourth-order valence-electron chi connectivity index (χ4n) is 1.53. The summed E-state index contributed by atoms with van der Waals surface area (Å²) in [5, 5.41) is 3.36. The van der Waals surface area contributed by atoms with Gasteiger partial charge in [-0.2, -0.15) is 0 Å². The van der Waals surface area contributed by atoms with Gasteiger partial charge in [0.05, 0.1) is 6.61 Å². The number of ether oxygens (including phenoxy) is 1. The largest absolute Gasteiger partial charge is 0.358 e. The molecule has 0 bridgehead atoms. The van der Waals surface area contributed by atoms with Crippen LogP contribution in [0.4, 0.5) is 0 Å². The molecule has 1 saturated heterocycles. The Morgan fingerprint density at radius 2 is 2.33 bits per heavy atom. The minimum absolute atomic E-state index is 0. The summed E-state index contributed by atoms with van der Waals surface area (Å²) in [6.07, 6.45) is 3.63. The lowest BCUT2D eigenvalue weighted by Gasteiger charge is -2.35. The van der Waals surface area contributed by atoms with Crippen molar-refractivity contribution in [3.05, 3.63) is 30.1 Å². The minimum atomic E-state index is 0. The van der Waals surface area contributed by atoms with Crippen molar-refractivity contribution in [2.75, 3.05) is 13.2 Å². The van der Waals surface area contributed by atoms with Gasteiger partial charge in [0.2, 0.25) is 0 Å². The van der Waals surface area contributed by atoms with Gasteiger partial charge in [-0.05, 0) is 6.07 Å². The average Bonchev–Trinajstić information content (AvgIpc) is 2.19. The Labute approximate surface area is 96.7 Å². The van der Waals surface area contributed by atoms with Crippen LogP contribution in [0.3, 0.4) is 0 Å². The zero-order valence-electron chi connectivity index (χ0n) is 9.06. The molecule has 0 spiro atoms. The molecule has 0 amide bonds.